The van der Waals surface area contributed by atoms with Crippen molar-refractivity contribution in [2.24, 2.45) is 5.73 Å². The molecule has 0 aromatic heterocycles. The zero-order valence-corrected chi connectivity index (χ0v) is 10.6. The van der Waals surface area contributed by atoms with E-state index in [-0.39, 0.29) is 30.5 Å². The van der Waals surface area contributed by atoms with E-state index >= 15 is 0 Å². The van der Waals surface area contributed by atoms with Gasteiger partial charge in [-0.2, -0.15) is 0 Å². The Morgan fingerprint density at radius 2 is 2.00 bits per heavy atom. The number of nitrogens with zero attached hydrogens (tertiary/aromatic N) is 1. The number of hydrogen-bond donors (Lipinski definition) is 2. The zero-order chi connectivity index (χ0) is 11.1. The highest BCUT2D eigenvalue weighted by Crippen LogP contribution is 2.00. The van der Waals surface area contributed by atoms with Gasteiger partial charge in [-0.3, -0.25) is 4.79 Å². The van der Waals surface area contributed by atoms with Gasteiger partial charge in [0.05, 0.1) is 12.1 Å². The third-order valence-corrected chi connectivity index (χ3v) is 2.18. The van der Waals surface area contributed by atoms with E-state index in [1.54, 1.807) is 18.9 Å². The van der Waals surface area contributed by atoms with E-state index in [0.717, 1.165) is 12.8 Å². The number of carbonyl (C=O) groups is 1. The zero-order valence-electron chi connectivity index (χ0n) is 9.77. The maximum Gasteiger partial charge on any atom is 0.239 e. The lowest BCUT2D eigenvalue weighted by molar-refractivity contribution is -0.131. The summed E-state index contributed by atoms with van der Waals surface area (Å²) >= 11 is 0. The normalized spacial score (nSPS) is 13.9. The van der Waals surface area contributed by atoms with E-state index < -0.39 is 0 Å². The Bertz CT molecular complexity index is 177. The van der Waals surface area contributed by atoms with Crippen LogP contribution in [0.2, 0.25) is 0 Å². The molecule has 0 bridgehead atoms. The van der Waals surface area contributed by atoms with Crippen LogP contribution in [0.3, 0.4) is 0 Å². The lowest BCUT2D eigenvalue weighted by Gasteiger charge is -2.21. The van der Waals surface area contributed by atoms with Gasteiger partial charge < -0.3 is 15.7 Å². The highest BCUT2D eigenvalue weighted by atomic mass is 35.5. The number of nitrogens with two attached hydrogens (primary N) is 1. The van der Waals surface area contributed by atoms with Crippen LogP contribution in [0.4, 0.5) is 0 Å². The van der Waals surface area contributed by atoms with Crippen LogP contribution in [0.15, 0.2) is 0 Å². The number of carbonyl (C=O) groups excluding carboxylic acids is 1. The van der Waals surface area contributed by atoms with Crippen molar-refractivity contribution in [3.63, 3.8) is 0 Å². The fraction of sp³-hybridized carbons (Fsp3) is 0.900. The van der Waals surface area contributed by atoms with Crippen molar-refractivity contribution in [1.29, 1.82) is 0 Å². The van der Waals surface area contributed by atoms with Crippen molar-refractivity contribution in [1.82, 2.24) is 4.90 Å². The number of likely N-dealkylation sites (N-methyl/N-ethyl adjacent to an activating group) is 1. The molecule has 0 aliphatic heterocycles. The van der Waals surface area contributed by atoms with Crippen LogP contribution >= 0.6 is 12.4 Å². The Hall–Kier alpha value is -0.320. The molecular weight excluding hydrogens is 216 g/mol. The van der Waals surface area contributed by atoms with E-state index in [4.69, 9.17) is 10.8 Å². The third kappa shape index (κ3) is 7.59. The topological polar surface area (TPSA) is 66.6 Å². The first kappa shape index (κ1) is 17.1. The van der Waals surface area contributed by atoms with Gasteiger partial charge >= 0.3 is 0 Å². The Labute approximate surface area is 98.2 Å². The number of rotatable bonds is 6. The predicted octanol–water partition coefficient (Wildman–Crippen LogP) is 0.765. The summed E-state index contributed by atoms with van der Waals surface area (Å²) in [5, 5.41) is 9.06. The summed E-state index contributed by atoms with van der Waals surface area (Å²) in [7, 11) is 1.72. The molecule has 3 N–H and O–H groups in total. The highest BCUT2D eigenvalue weighted by Gasteiger charge is 2.16. The van der Waals surface area contributed by atoms with Gasteiger partial charge in [-0.15, -0.1) is 12.4 Å². The van der Waals surface area contributed by atoms with E-state index in [1.165, 1.54) is 0 Å². The molecule has 92 valence electrons. The molecule has 0 aliphatic rings. The molecule has 0 fully saturated rings. The lowest BCUT2D eigenvalue weighted by atomic mass is 10.1. The number of hydrogen-bond acceptors (Lipinski definition) is 3. The molecule has 0 aromatic carbocycles. The first-order chi connectivity index (χ1) is 6.49. The molecule has 0 radical (unpaired) electrons. The second-order valence-electron chi connectivity index (χ2n) is 3.79. The average molecular weight is 239 g/mol. The van der Waals surface area contributed by atoms with Gasteiger partial charge in [-0.05, 0) is 19.8 Å². The average Bonchev–Trinajstić information content (AvgIpc) is 2.13. The molecule has 15 heavy (non-hydrogen) atoms. The van der Waals surface area contributed by atoms with Gasteiger partial charge in [0, 0.05) is 13.6 Å². The highest BCUT2D eigenvalue weighted by molar-refractivity contribution is 5.85. The molecule has 4 nitrogen and oxygen atoms in total. The number of aliphatic hydroxyl groups excluding tert-OH is 1. The van der Waals surface area contributed by atoms with Crippen LogP contribution in [-0.2, 0) is 4.79 Å². The number of aliphatic hydroxyl groups is 1. The van der Waals surface area contributed by atoms with Crippen molar-refractivity contribution in [3.8, 4) is 0 Å². The fourth-order valence-corrected chi connectivity index (χ4v) is 1.21. The second-order valence-corrected chi connectivity index (χ2v) is 3.79. The summed E-state index contributed by atoms with van der Waals surface area (Å²) in [5.74, 6) is -0.0347. The van der Waals surface area contributed by atoms with Crippen molar-refractivity contribution >= 4 is 18.3 Å². The van der Waals surface area contributed by atoms with Crippen molar-refractivity contribution in [3.05, 3.63) is 0 Å². The van der Waals surface area contributed by atoms with Gasteiger partial charge in [0.15, 0.2) is 0 Å². The summed E-state index contributed by atoms with van der Waals surface area (Å²) in [6, 6.07) is -0.390. The quantitative estimate of drug-likeness (QED) is 0.718. The standard InChI is InChI=1S/C10H22N2O2.ClH/c1-4-5-9(11)10(14)12(3)7-6-8(2)13;/h8-9,13H,4-7,11H2,1-3H3;1H. The maximum absolute atomic E-state index is 11.6. The number of halogens is 1. The Morgan fingerprint density at radius 3 is 2.40 bits per heavy atom. The molecule has 5 heteroatoms. The molecule has 0 saturated heterocycles. The molecule has 0 aromatic rings. The first-order valence-corrected chi connectivity index (χ1v) is 5.17. The maximum atomic E-state index is 11.6. The molecule has 2 unspecified atom stereocenters. The van der Waals surface area contributed by atoms with Gasteiger partial charge in [0.25, 0.3) is 0 Å². The van der Waals surface area contributed by atoms with Gasteiger partial charge in [-0.25, -0.2) is 0 Å². The van der Waals surface area contributed by atoms with Crippen LogP contribution in [0.25, 0.3) is 0 Å². The Morgan fingerprint density at radius 1 is 1.47 bits per heavy atom. The van der Waals surface area contributed by atoms with Crippen LogP contribution in [0, 0.1) is 0 Å². The smallest absolute Gasteiger partial charge is 0.239 e. The SMILES string of the molecule is CCCC(N)C(=O)N(C)CCC(C)O.Cl. The molecular formula is C10H23ClN2O2. The minimum Gasteiger partial charge on any atom is -0.393 e. The lowest BCUT2D eigenvalue weighted by Crippen LogP contribution is -2.42. The van der Waals surface area contributed by atoms with Crippen molar-refractivity contribution in [2.75, 3.05) is 13.6 Å². The molecule has 0 heterocycles. The van der Waals surface area contributed by atoms with Crippen LogP contribution in [0.5, 0.6) is 0 Å². The Kier molecular flexibility index (Phi) is 10.2. The van der Waals surface area contributed by atoms with Crippen LogP contribution in [0.1, 0.15) is 33.1 Å². The third-order valence-electron chi connectivity index (χ3n) is 2.18. The molecule has 0 spiro atoms. The minimum absolute atomic E-state index is 0. The monoisotopic (exact) mass is 238 g/mol. The van der Waals surface area contributed by atoms with Crippen molar-refractivity contribution < 1.29 is 9.90 Å². The molecule has 0 rings (SSSR count). The van der Waals surface area contributed by atoms with E-state index in [1.807, 2.05) is 6.92 Å². The second kappa shape index (κ2) is 8.95. The molecule has 0 saturated carbocycles. The van der Waals surface area contributed by atoms with E-state index in [2.05, 4.69) is 0 Å². The summed E-state index contributed by atoms with van der Waals surface area (Å²) in [6.45, 7) is 4.28. The van der Waals surface area contributed by atoms with Crippen molar-refractivity contribution in [2.45, 2.75) is 45.3 Å². The summed E-state index contributed by atoms with van der Waals surface area (Å²) in [6.07, 6.45) is 1.86. The largest absolute Gasteiger partial charge is 0.393 e. The molecule has 1 amide bonds. The van der Waals surface area contributed by atoms with Crippen LogP contribution in [-0.4, -0.2) is 41.7 Å². The van der Waals surface area contributed by atoms with Crippen LogP contribution < -0.4 is 5.73 Å². The van der Waals surface area contributed by atoms with E-state index in [9.17, 15) is 4.79 Å². The van der Waals surface area contributed by atoms with E-state index in [0.29, 0.717) is 13.0 Å². The number of amides is 1. The summed E-state index contributed by atoms with van der Waals surface area (Å²) in [4.78, 5) is 13.2. The summed E-state index contributed by atoms with van der Waals surface area (Å²) in [5.41, 5.74) is 5.68. The fourth-order valence-electron chi connectivity index (χ4n) is 1.21. The predicted molar refractivity (Wildman–Crippen MR) is 64.1 cm³/mol. The van der Waals surface area contributed by atoms with Gasteiger partial charge in [0.1, 0.15) is 0 Å². The minimum atomic E-state index is -0.390. The molecule has 0 aliphatic carbocycles. The van der Waals surface area contributed by atoms with Gasteiger partial charge in [-0.1, -0.05) is 13.3 Å². The molecule has 2 atom stereocenters. The summed E-state index contributed by atoms with van der Waals surface area (Å²) < 4.78 is 0. The first-order valence-electron chi connectivity index (χ1n) is 5.17. The van der Waals surface area contributed by atoms with Gasteiger partial charge in [0.2, 0.25) is 5.91 Å². The Balaban J connectivity index is 0.